The summed E-state index contributed by atoms with van der Waals surface area (Å²) < 4.78 is 1.77. The number of rotatable bonds is 6. The summed E-state index contributed by atoms with van der Waals surface area (Å²) in [5.74, 6) is 0.319. The number of hydrogen-bond donors (Lipinski definition) is 1. The van der Waals surface area contributed by atoms with E-state index >= 15 is 0 Å². The molecule has 8 nitrogen and oxygen atoms in total. The van der Waals surface area contributed by atoms with Crippen LogP contribution in [-0.4, -0.2) is 31.3 Å². The highest BCUT2D eigenvalue weighted by Gasteiger charge is 2.17. The number of nitrogens with zero attached hydrogens (tertiary/aromatic N) is 4. The maximum Gasteiger partial charge on any atom is 0.293 e. The molecule has 0 bridgehead atoms. The lowest BCUT2D eigenvalue weighted by atomic mass is 10.2. The Morgan fingerprint density at radius 1 is 1.25 bits per heavy atom. The van der Waals surface area contributed by atoms with Gasteiger partial charge >= 0.3 is 0 Å². The van der Waals surface area contributed by atoms with E-state index in [1.807, 2.05) is 12.1 Å². The zero-order valence-electron chi connectivity index (χ0n) is 15.0. The number of amides is 1. The molecule has 0 fully saturated rings. The summed E-state index contributed by atoms with van der Waals surface area (Å²) in [4.78, 5) is 22.9. The van der Waals surface area contributed by atoms with Crippen molar-refractivity contribution in [1.82, 2.24) is 14.8 Å². The first-order chi connectivity index (χ1) is 13.3. The maximum atomic E-state index is 12.2. The van der Waals surface area contributed by atoms with E-state index in [2.05, 4.69) is 15.5 Å². The largest absolute Gasteiger partial charge is 0.320 e. The predicted molar refractivity (Wildman–Crippen MR) is 109 cm³/mol. The Bertz CT molecular complexity index is 1040. The first kappa shape index (κ1) is 19.8. The molecule has 0 aliphatic heterocycles. The first-order valence-electron chi connectivity index (χ1n) is 8.18. The molecule has 0 saturated heterocycles. The molecule has 144 valence electrons. The lowest BCUT2D eigenvalue weighted by Gasteiger charge is -2.07. The minimum absolute atomic E-state index is 0.0393. The van der Waals surface area contributed by atoms with Crippen LogP contribution in [0.3, 0.4) is 0 Å². The number of aryl methyl sites for hydroxylation is 1. The molecule has 1 amide bonds. The fraction of sp³-hybridized carbons (Fsp3) is 0.167. The fourth-order valence-electron chi connectivity index (χ4n) is 2.51. The molecule has 0 atom stereocenters. The van der Waals surface area contributed by atoms with E-state index in [0.717, 1.165) is 11.1 Å². The Hall–Kier alpha value is -2.91. The van der Waals surface area contributed by atoms with Crippen LogP contribution in [0.5, 0.6) is 0 Å². The molecule has 0 aliphatic rings. The second-order valence-electron chi connectivity index (χ2n) is 5.99. The van der Waals surface area contributed by atoms with Crippen molar-refractivity contribution in [3.05, 3.63) is 63.2 Å². The zero-order chi connectivity index (χ0) is 20.3. The average molecular weight is 418 g/mol. The summed E-state index contributed by atoms with van der Waals surface area (Å²) in [6.45, 7) is 1.75. The molecule has 0 aliphatic carbocycles. The van der Waals surface area contributed by atoms with Crippen molar-refractivity contribution in [1.29, 1.82) is 0 Å². The van der Waals surface area contributed by atoms with E-state index in [1.54, 1.807) is 36.7 Å². The van der Waals surface area contributed by atoms with E-state index in [0.29, 0.717) is 16.0 Å². The van der Waals surface area contributed by atoms with Crippen molar-refractivity contribution in [2.45, 2.75) is 12.1 Å². The molecule has 28 heavy (non-hydrogen) atoms. The predicted octanol–water partition coefficient (Wildman–Crippen LogP) is 4.08. The number of hydrogen-bond acceptors (Lipinski definition) is 6. The second kappa shape index (κ2) is 8.41. The normalized spacial score (nSPS) is 10.7. The van der Waals surface area contributed by atoms with Gasteiger partial charge < -0.3 is 9.88 Å². The van der Waals surface area contributed by atoms with Gasteiger partial charge in [-0.1, -0.05) is 29.4 Å². The molecule has 0 spiro atoms. The Labute approximate surface area is 170 Å². The second-order valence-corrected chi connectivity index (χ2v) is 7.37. The lowest BCUT2D eigenvalue weighted by molar-refractivity contribution is -0.384. The van der Waals surface area contributed by atoms with Gasteiger partial charge in [-0.3, -0.25) is 14.9 Å². The number of nitro benzene ring substituents is 1. The van der Waals surface area contributed by atoms with Gasteiger partial charge in [-0.05, 0) is 42.8 Å². The van der Waals surface area contributed by atoms with Gasteiger partial charge in [0, 0.05) is 23.7 Å². The van der Waals surface area contributed by atoms with Crippen molar-refractivity contribution in [2.75, 3.05) is 11.1 Å². The summed E-state index contributed by atoms with van der Waals surface area (Å²) >= 11 is 7.09. The van der Waals surface area contributed by atoms with Gasteiger partial charge in [-0.15, -0.1) is 10.2 Å². The molecule has 0 unspecified atom stereocenters. The monoisotopic (exact) mass is 417 g/mol. The third-order valence-electron chi connectivity index (χ3n) is 3.89. The number of carbonyl (C=O) groups is 1. The summed E-state index contributed by atoms with van der Waals surface area (Å²) in [6.07, 6.45) is 0. The van der Waals surface area contributed by atoms with Gasteiger partial charge in [0.1, 0.15) is 5.69 Å². The molecular formula is C18H16ClN5O3S. The van der Waals surface area contributed by atoms with Gasteiger partial charge in [0.2, 0.25) is 5.91 Å². The molecular weight excluding hydrogens is 402 g/mol. The summed E-state index contributed by atoms with van der Waals surface area (Å²) in [5.41, 5.74) is 1.63. The number of nitro groups is 1. The van der Waals surface area contributed by atoms with E-state index in [4.69, 9.17) is 11.6 Å². The summed E-state index contributed by atoms with van der Waals surface area (Å²) in [6, 6.07) is 11.9. The lowest BCUT2D eigenvalue weighted by Crippen LogP contribution is -2.15. The first-order valence-corrected chi connectivity index (χ1v) is 9.54. The number of halogens is 1. The molecule has 1 N–H and O–H groups in total. The Kier molecular flexibility index (Phi) is 5.96. The number of anilines is 1. The highest BCUT2D eigenvalue weighted by molar-refractivity contribution is 7.99. The highest BCUT2D eigenvalue weighted by atomic mass is 35.5. The van der Waals surface area contributed by atoms with E-state index in [9.17, 15) is 14.9 Å². The van der Waals surface area contributed by atoms with Gasteiger partial charge in [-0.25, -0.2) is 0 Å². The number of aromatic nitrogens is 3. The van der Waals surface area contributed by atoms with Gasteiger partial charge in [0.05, 0.1) is 10.7 Å². The Balaban J connectivity index is 1.67. The van der Waals surface area contributed by atoms with Gasteiger partial charge in [0.25, 0.3) is 5.69 Å². The minimum atomic E-state index is -0.517. The number of carbonyl (C=O) groups excluding carboxylic acids is 1. The van der Waals surface area contributed by atoms with Crippen LogP contribution >= 0.6 is 23.4 Å². The third kappa shape index (κ3) is 4.49. The van der Waals surface area contributed by atoms with Crippen LogP contribution < -0.4 is 5.32 Å². The Morgan fingerprint density at radius 2 is 1.96 bits per heavy atom. The van der Waals surface area contributed by atoms with Crippen LogP contribution in [0.4, 0.5) is 11.4 Å². The van der Waals surface area contributed by atoms with E-state index in [1.165, 1.54) is 23.9 Å². The van der Waals surface area contributed by atoms with E-state index < -0.39 is 4.92 Å². The SMILES string of the molecule is Cc1ccc(NC(=O)CSc2nnc(-c3ccc(Cl)cc3)n2C)c([N+](=O)[O-])c1. The van der Waals surface area contributed by atoms with Crippen molar-refractivity contribution in [2.24, 2.45) is 7.05 Å². The highest BCUT2D eigenvalue weighted by Crippen LogP contribution is 2.27. The number of benzene rings is 2. The molecule has 2 aromatic carbocycles. The van der Waals surface area contributed by atoms with Crippen molar-refractivity contribution >= 4 is 40.6 Å². The maximum absolute atomic E-state index is 12.2. The quantitative estimate of drug-likeness (QED) is 0.368. The van der Waals surface area contributed by atoms with Gasteiger partial charge in [0.15, 0.2) is 11.0 Å². The smallest absolute Gasteiger partial charge is 0.293 e. The van der Waals surface area contributed by atoms with Crippen LogP contribution in [0.2, 0.25) is 5.02 Å². The standard InChI is InChI=1S/C18H16ClN5O3S/c1-11-3-8-14(15(9-11)24(26)27)20-16(25)10-28-18-22-21-17(23(18)2)12-4-6-13(19)7-5-12/h3-9H,10H2,1-2H3,(H,20,25). The van der Waals surface area contributed by atoms with Crippen molar-refractivity contribution < 1.29 is 9.72 Å². The molecule has 3 rings (SSSR count). The molecule has 0 radical (unpaired) electrons. The Morgan fingerprint density at radius 3 is 2.64 bits per heavy atom. The topological polar surface area (TPSA) is 103 Å². The molecule has 10 heteroatoms. The van der Waals surface area contributed by atoms with Gasteiger partial charge in [-0.2, -0.15) is 0 Å². The van der Waals surface area contributed by atoms with Crippen LogP contribution in [-0.2, 0) is 11.8 Å². The molecule has 1 heterocycles. The summed E-state index contributed by atoms with van der Waals surface area (Å²) in [7, 11) is 1.80. The molecule has 3 aromatic rings. The molecule has 1 aromatic heterocycles. The summed E-state index contributed by atoms with van der Waals surface area (Å²) in [5, 5.41) is 23.2. The fourth-order valence-corrected chi connectivity index (χ4v) is 3.34. The van der Waals surface area contributed by atoms with Crippen LogP contribution in [0.1, 0.15) is 5.56 Å². The number of nitrogens with one attached hydrogen (secondary N) is 1. The third-order valence-corrected chi connectivity index (χ3v) is 5.17. The average Bonchev–Trinajstić information content (AvgIpc) is 3.02. The zero-order valence-corrected chi connectivity index (χ0v) is 16.6. The van der Waals surface area contributed by atoms with E-state index in [-0.39, 0.29) is 23.0 Å². The van der Waals surface area contributed by atoms with Crippen molar-refractivity contribution in [3.8, 4) is 11.4 Å². The number of thioether (sulfide) groups is 1. The van der Waals surface area contributed by atoms with Crippen LogP contribution in [0, 0.1) is 17.0 Å². The minimum Gasteiger partial charge on any atom is -0.320 e. The molecule has 0 saturated carbocycles. The van der Waals surface area contributed by atoms with Crippen LogP contribution in [0.15, 0.2) is 47.6 Å². The van der Waals surface area contributed by atoms with Crippen molar-refractivity contribution in [3.63, 3.8) is 0 Å². The van der Waals surface area contributed by atoms with Crippen LogP contribution in [0.25, 0.3) is 11.4 Å².